The SMILES string of the molecule is COc1ccccc1C(NC(=O)OC(C)(C)C)[C@@H]1CCNC1. The number of hydrogen-bond acceptors (Lipinski definition) is 4. The molecule has 1 fully saturated rings. The highest BCUT2D eigenvalue weighted by Crippen LogP contribution is 2.33. The van der Waals surface area contributed by atoms with Crippen molar-refractivity contribution in [3.8, 4) is 5.75 Å². The Balaban J connectivity index is 2.21. The van der Waals surface area contributed by atoms with Gasteiger partial charge in [0.1, 0.15) is 11.4 Å². The second-order valence-corrected chi connectivity index (χ2v) is 6.62. The third kappa shape index (κ3) is 4.37. The van der Waals surface area contributed by atoms with Crippen LogP contribution in [-0.4, -0.2) is 31.9 Å². The van der Waals surface area contributed by atoms with E-state index in [2.05, 4.69) is 10.6 Å². The van der Waals surface area contributed by atoms with Crippen LogP contribution in [0, 0.1) is 5.92 Å². The van der Waals surface area contributed by atoms with Gasteiger partial charge in [0.25, 0.3) is 0 Å². The van der Waals surface area contributed by atoms with Crippen molar-refractivity contribution in [1.82, 2.24) is 10.6 Å². The lowest BCUT2D eigenvalue weighted by Gasteiger charge is -2.28. The number of hydrogen-bond donors (Lipinski definition) is 2. The lowest BCUT2D eigenvalue weighted by atomic mass is 9.91. The molecule has 2 N–H and O–H groups in total. The van der Waals surface area contributed by atoms with E-state index >= 15 is 0 Å². The maximum atomic E-state index is 12.2. The van der Waals surface area contributed by atoms with Crippen molar-refractivity contribution >= 4 is 6.09 Å². The maximum absolute atomic E-state index is 12.2. The Morgan fingerprint density at radius 1 is 1.36 bits per heavy atom. The third-order valence-corrected chi connectivity index (χ3v) is 3.72. The number of alkyl carbamates (subject to hydrolysis) is 1. The van der Waals surface area contributed by atoms with Crippen LogP contribution < -0.4 is 15.4 Å². The van der Waals surface area contributed by atoms with Gasteiger partial charge < -0.3 is 20.1 Å². The highest BCUT2D eigenvalue weighted by molar-refractivity contribution is 5.68. The molecule has 1 aliphatic heterocycles. The Kier molecular flexibility index (Phi) is 5.29. The van der Waals surface area contributed by atoms with Crippen molar-refractivity contribution in [1.29, 1.82) is 0 Å². The summed E-state index contributed by atoms with van der Waals surface area (Å²) < 4.78 is 10.9. The highest BCUT2D eigenvalue weighted by Gasteiger charge is 2.31. The predicted molar refractivity (Wildman–Crippen MR) is 86.1 cm³/mol. The largest absolute Gasteiger partial charge is 0.496 e. The first-order valence-corrected chi connectivity index (χ1v) is 7.74. The number of benzene rings is 1. The van der Waals surface area contributed by atoms with Crippen molar-refractivity contribution in [2.75, 3.05) is 20.2 Å². The normalized spacial score (nSPS) is 19.5. The van der Waals surface area contributed by atoms with Gasteiger partial charge in [-0.05, 0) is 45.7 Å². The number of rotatable bonds is 4. The molecule has 0 aromatic heterocycles. The van der Waals surface area contributed by atoms with Gasteiger partial charge in [-0.25, -0.2) is 4.79 Å². The highest BCUT2D eigenvalue weighted by atomic mass is 16.6. The summed E-state index contributed by atoms with van der Waals surface area (Å²) in [6.07, 6.45) is 0.619. The van der Waals surface area contributed by atoms with Gasteiger partial charge in [0.15, 0.2) is 0 Å². The van der Waals surface area contributed by atoms with Crippen LogP contribution >= 0.6 is 0 Å². The summed E-state index contributed by atoms with van der Waals surface area (Å²) in [5, 5.41) is 6.37. The molecule has 0 aliphatic carbocycles. The molecule has 2 rings (SSSR count). The van der Waals surface area contributed by atoms with Gasteiger partial charge in [-0.1, -0.05) is 18.2 Å². The van der Waals surface area contributed by atoms with E-state index in [-0.39, 0.29) is 6.04 Å². The summed E-state index contributed by atoms with van der Waals surface area (Å²) in [7, 11) is 1.65. The monoisotopic (exact) mass is 306 g/mol. The zero-order valence-electron chi connectivity index (χ0n) is 13.8. The number of amides is 1. The Morgan fingerprint density at radius 2 is 2.09 bits per heavy atom. The average Bonchev–Trinajstić information content (AvgIpc) is 2.97. The molecule has 0 spiro atoms. The van der Waals surface area contributed by atoms with E-state index in [0.29, 0.717) is 5.92 Å². The number of para-hydroxylation sites is 1. The van der Waals surface area contributed by atoms with Crippen molar-refractivity contribution < 1.29 is 14.3 Å². The first-order chi connectivity index (χ1) is 10.4. The summed E-state index contributed by atoms with van der Waals surface area (Å²) in [4.78, 5) is 12.2. The first kappa shape index (κ1) is 16.6. The van der Waals surface area contributed by atoms with Crippen LogP contribution in [0.5, 0.6) is 5.75 Å². The summed E-state index contributed by atoms with van der Waals surface area (Å²) in [5.74, 6) is 1.11. The topological polar surface area (TPSA) is 59.6 Å². The van der Waals surface area contributed by atoms with E-state index in [1.165, 1.54) is 0 Å². The number of carbonyl (C=O) groups is 1. The van der Waals surface area contributed by atoms with Crippen LogP contribution in [0.15, 0.2) is 24.3 Å². The number of nitrogens with one attached hydrogen (secondary N) is 2. The Morgan fingerprint density at radius 3 is 2.68 bits per heavy atom. The van der Waals surface area contributed by atoms with Crippen molar-refractivity contribution in [2.24, 2.45) is 5.92 Å². The molecular formula is C17H26N2O3. The second-order valence-electron chi connectivity index (χ2n) is 6.62. The van der Waals surface area contributed by atoms with Gasteiger partial charge >= 0.3 is 6.09 Å². The molecule has 5 nitrogen and oxygen atoms in total. The Bertz CT molecular complexity index is 505. The molecule has 1 unspecified atom stereocenters. The van der Waals surface area contributed by atoms with Gasteiger partial charge in [0.2, 0.25) is 0 Å². The fourth-order valence-electron chi connectivity index (χ4n) is 2.77. The molecule has 0 radical (unpaired) electrons. The summed E-state index contributed by atoms with van der Waals surface area (Å²) in [6.45, 7) is 7.43. The van der Waals surface area contributed by atoms with Crippen LogP contribution in [0.1, 0.15) is 38.8 Å². The van der Waals surface area contributed by atoms with E-state index in [1.807, 2.05) is 45.0 Å². The fourth-order valence-corrected chi connectivity index (χ4v) is 2.77. The Labute approximate surface area is 132 Å². The molecule has 1 aromatic carbocycles. The van der Waals surface area contributed by atoms with Gasteiger partial charge in [-0.15, -0.1) is 0 Å². The molecule has 1 heterocycles. The van der Waals surface area contributed by atoms with E-state index < -0.39 is 11.7 Å². The van der Waals surface area contributed by atoms with Crippen molar-refractivity contribution in [3.63, 3.8) is 0 Å². The standard InChI is InChI=1S/C17H26N2O3/c1-17(2,3)22-16(20)19-15(12-9-10-18-11-12)13-7-5-6-8-14(13)21-4/h5-8,12,15,18H,9-11H2,1-4H3,(H,19,20)/t12-,15?/m1/s1. The van der Waals surface area contributed by atoms with Crippen LogP contribution in [0.25, 0.3) is 0 Å². The molecular weight excluding hydrogens is 280 g/mol. The molecule has 2 atom stereocenters. The Hall–Kier alpha value is -1.75. The van der Waals surface area contributed by atoms with Gasteiger partial charge in [0.05, 0.1) is 13.2 Å². The van der Waals surface area contributed by atoms with E-state index in [4.69, 9.17) is 9.47 Å². The summed E-state index contributed by atoms with van der Waals surface area (Å²) >= 11 is 0. The number of ether oxygens (including phenoxy) is 2. The van der Waals surface area contributed by atoms with Gasteiger partial charge in [0, 0.05) is 12.1 Å². The molecule has 122 valence electrons. The minimum atomic E-state index is -0.511. The zero-order chi connectivity index (χ0) is 16.2. The summed E-state index contributed by atoms with van der Waals surface area (Å²) in [6, 6.07) is 7.69. The molecule has 1 amide bonds. The molecule has 0 saturated carbocycles. The van der Waals surface area contributed by atoms with E-state index in [0.717, 1.165) is 30.8 Å². The van der Waals surface area contributed by atoms with Crippen molar-refractivity contribution in [3.05, 3.63) is 29.8 Å². The number of carbonyl (C=O) groups excluding carboxylic acids is 1. The van der Waals surface area contributed by atoms with E-state index in [9.17, 15) is 4.79 Å². The zero-order valence-corrected chi connectivity index (χ0v) is 13.8. The number of methoxy groups -OCH3 is 1. The molecule has 1 saturated heterocycles. The third-order valence-electron chi connectivity index (χ3n) is 3.72. The molecule has 0 bridgehead atoms. The van der Waals surface area contributed by atoms with E-state index in [1.54, 1.807) is 7.11 Å². The smallest absolute Gasteiger partial charge is 0.408 e. The van der Waals surface area contributed by atoms with Crippen LogP contribution in [0.2, 0.25) is 0 Å². The molecule has 5 heteroatoms. The van der Waals surface area contributed by atoms with Crippen LogP contribution in [0.3, 0.4) is 0 Å². The van der Waals surface area contributed by atoms with Crippen LogP contribution in [0.4, 0.5) is 4.79 Å². The minimum Gasteiger partial charge on any atom is -0.496 e. The maximum Gasteiger partial charge on any atom is 0.408 e. The van der Waals surface area contributed by atoms with Gasteiger partial charge in [-0.2, -0.15) is 0 Å². The van der Waals surface area contributed by atoms with Crippen molar-refractivity contribution in [2.45, 2.75) is 38.8 Å². The average molecular weight is 306 g/mol. The van der Waals surface area contributed by atoms with Crippen LogP contribution in [-0.2, 0) is 4.74 Å². The lowest BCUT2D eigenvalue weighted by Crippen LogP contribution is -2.38. The molecule has 22 heavy (non-hydrogen) atoms. The van der Waals surface area contributed by atoms with Gasteiger partial charge in [-0.3, -0.25) is 0 Å². The lowest BCUT2D eigenvalue weighted by molar-refractivity contribution is 0.0486. The first-order valence-electron chi connectivity index (χ1n) is 7.74. The minimum absolute atomic E-state index is 0.124. The molecule has 1 aromatic rings. The quantitative estimate of drug-likeness (QED) is 0.898. The second kappa shape index (κ2) is 7.01. The summed E-state index contributed by atoms with van der Waals surface area (Å²) in [5.41, 5.74) is 0.480. The predicted octanol–water partition coefficient (Wildman–Crippen LogP) is 2.87. The molecule has 1 aliphatic rings. The fraction of sp³-hybridized carbons (Fsp3) is 0.588.